The number of rotatable bonds is 66. The lowest BCUT2D eigenvalue weighted by atomic mass is 10.0. The maximum absolute atomic E-state index is 12.4. The second-order valence-electron chi connectivity index (χ2n) is 24.0. The fourth-order valence-electron chi connectivity index (χ4n) is 10.6. The van der Waals surface area contributed by atoms with E-state index in [1.165, 1.54) is 283 Å². The molecule has 0 rings (SSSR count). The van der Waals surface area contributed by atoms with Gasteiger partial charge in [0, 0.05) is 12.8 Å². The number of esters is 2. The maximum Gasteiger partial charge on any atom is 0.306 e. The van der Waals surface area contributed by atoms with Crippen LogP contribution in [0.5, 0.6) is 0 Å². The minimum absolute atomic E-state index is 0.0637. The summed E-state index contributed by atoms with van der Waals surface area (Å²) in [7, 11) is 0. The van der Waals surface area contributed by atoms with Crippen LogP contribution >= 0.6 is 0 Å². The van der Waals surface area contributed by atoms with Gasteiger partial charge in [0.15, 0.2) is 6.10 Å². The lowest BCUT2D eigenvalue weighted by Gasteiger charge is -2.15. The first-order valence-corrected chi connectivity index (χ1v) is 35.5. The molecule has 0 aliphatic rings. The van der Waals surface area contributed by atoms with Gasteiger partial charge in [-0.2, -0.15) is 0 Å². The summed E-state index contributed by atoms with van der Waals surface area (Å²) in [5.41, 5.74) is 0. The van der Waals surface area contributed by atoms with E-state index in [2.05, 4.69) is 86.8 Å². The summed E-state index contributed by atoms with van der Waals surface area (Å²) >= 11 is 0. The largest absolute Gasteiger partial charge is 0.462 e. The molecule has 5 heteroatoms. The van der Waals surface area contributed by atoms with Crippen molar-refractivity contribution in [3.05, 3.63) is 72.9 Å². The van der Waals surface area contributed by atoms with Crippen LogP contribution in [0.4, 0.5) is 0 Å². The standard InChI is InChI=1S/C75H136O5/c1-3-5-7-9-11-13-15-17-19-21-23-25-27-29-31-33-34-35-36-37-38-39-40-42-44-46-48-50-52-54-56-58-60-62-64-66-68-70-75(78)80-73(71-76)72-79-74(77)69-67-65-63-61-59-57-55-53-51-49-47-45-43-41-32-30-28-26-24-22-20-18-16-14-12-10-8-6-4-2/h15-18,21-24,27-30,73,76H,3-14,19-20,25-26,31-72H2,1-2H3/b17-15-,18-16-,23-21-,24-22-,29-27-,30-28-. The molecule has 0 bridgehead atoms. The minimum atomic E-state index is -0.774. The highest BCUT2D eigenvalue weighted by Crippen LogP contribution is 2.18. The van der Waals surface area contributed by atoms with E-state index in [1.54, 1.807) is 0 Å². The Hall–Kier alpha value is -2.66. The second-order valence-corrected chi connectivity index (χ2v) is 24.0. The van der Waals surface area contributed by atoms with Crippen molar-refractivity contribution in [1.29, 1.82) is 0 Å². The Bertz CT molecular complexity index is 1400. The number of unbranched alkanes of at least 4 members (excludes halogenated alkanes) is 46. The van der Waals surface area contributed by atoms with Gasteiger partial charge in [0.05, 0.1) is 6.61 Å². The number of allylic oxidation sites excluding steroid dienone is 12. The molecule has 1 atom stereocenters. The third-order valence-corrected chi connectivity index (χ3v) is 16.0. The van der Waals surface area contributed by atoms with E-state index < -0.39 is 6.10 Å². The Morgan fingerprint density at radius 1 is 0.287 bits per heavy atom. The van der Waals surface area contributed by atoms with Gasteiger partial charge >= 0.3 is 11.9 Å². The highest BCUT2D eigenvalue weighted by Gasteiger charge is 2.16. The average Bonchev–Trinajstić information content (AvgIpc) is 3.46. The van der Waals surface area contributed by atoms with Crippen LogP contribution < -0.4 is 0 Å². The fraction of sp³-hybridized carbons (Fsp3) is 0.813. The molecule has 1 unspecified atom stereocenters. The van der Waals surface area contributed by atoms with E-state index in [4.69, 9.17) is 9.47 Å². The van der Waals surface area contributed by atoms with E-state index in [0.29, 0.717) is 12.8 Å². The number of ether oxygens (including phenoxy) is 2. The normalized spacial score (nSPS) is 12.6. The summed E-state index contributed by atoms with van der Waals surface area (Å²) in [4.78, 5) is 24.7. The van der Waals surface area contributed by atoms with Crippen LogP contribution in [0, 0.1) is 0 Å². The molecule has 0 aromatic carbocycles. The number of carbonyl (C=O) groups excluding carboxylic acids is 2. The van der Waals surface area contributed by atoms with Crippen molar-refractivity contribution in [1.82, 2.24) is 0 Å². The van der Waals surface area contributed by atoms with Crippen molar-refractivity contribution in [3.8, 4) is 0 Å². The summed E-state index contributed by atoms with van der Waals surface area (Å²) in [6, 6.07) is 0. The van der Waals surface area contributed by atoms with Crippen molar-refractivity contribution in [2.45, 2.75) is 380 Å². The van der Waals surface area contributed by atoms with Crippen molar-refractivity contribution in [3.63, 3.8) is 0 Å². The van der Waals surface area contributed by atoms with E-state index in [-0.39, 0.29) is 25.2 Å². The fourth-order valence-corrected chi connectivity index (χ4v) is 10.6. The first kappa shape index (κ1) is 77.3. The highest BCUT2D eigenvalue weighted by molar-refractivity contribution is 5.70. The number of carbonyl (C=O) groups is 2. The predicted molar refractivity (Wildman–Crippen MR) is 353 cm³/mol. The zero-order chi connectivity index (χ0) is 57.6. The van der Waals surface area contributed by atoms with Crippen LogP contribution in [0.15, 0.2) is 72.9 Å². The molecular weight excluding hydrogens is 981 g/mol. The molecule has 0 heterocycles. The SMILES string of the molecule is CCCCCCC/C=C\C/C=C\C/C=C\CCCCCCCCCCCCCCCCCCCCCCCCC(=O)OC(CO)COC(=O)CCCCCCCCCCCCCCCC/C=C\C/C=C\C/C=C\CCCCCCC. The molecule has 1 N–H and O–H groups in total. The van der Waals surface area contributed by atoms with Gasteiger partial charge in [0.25, 0.3) is 0 Å². The molecule has 0 saturated heterocycles. The van der Waals surface area contributed by atoms with E-state index >= 15 is 0 Å². The molecule has 0 aliphatic carbocycles. The molecule has 0 amide bonds. The minimum Gasteiger partial charge on any atom is -0.462 e. The van der Waals surface area contributed by atoms with Gasteiger partial charge in [-0.15, -0.1) is 0 Å². The third kappa shape index (κ3) is 67.8. The van der Waals surface area contributed by atoms with E-state index in [9.17, 15) is 14.7 Å². The molecule has 466 valence electrons. The molecular formula is C75H136O5. The van der Waals surface area contributed by atoms with Crippen molar-refractivity contribution >= 4 is 11.9 Å². The van der Waals surface area contributed by atoms with Gasteiger partial charge in [-0.1, -0.05) is 344 Å². The van der Waals surface area contributed by atoms with Crippen molar-refractivity contribution < 1.29 is 24.2 Å². The number of hydrogen-bond donors (Lipinski definition) is 1. The Morgan fingerprint density at radius 3 is 0.750 bits per heavy atom. The quantitative estimate of drug-likeness (QED) is 0.0373. The molecule has 80 heavy (non-hydrogen) atoms. The van der Waals surface area contributed by atoms with Gasteiger partial charge in [0.2, 0.25) is 0 Å². The molecule has 0 aliphatic heterocycles. The Kier molecular flexibility index (Phi) is 68.3. The summed E-state index contributed by atoms with van der Waals surface area (Å²) in [5, 5.41) is 9.70. The molecule has 0 aromatic heterocycles. The monoisotopic (exact) mass is 1120 g/mol. The predicted octanol–water partition coefficient (Wildman–Crippen LogP) is 24.7. The van der Waals surface area contributed by atoms with E-state index in [0.717, 1.165) is 64.2 Å². The zero-order valence-corrected chi connectivity index (χ0v) is 53.6. The first-order chi connectivity index (χ1) is 39.6. The van der Waals surface area contributed by atoms with Crippen LogP contribution in [0.25, 0.3) is 0 Å². The Labute approximate surface area is 499 Å². The lowest BCUT2D eigenvalue weighted by molar-refractivity contribution is -0.161. The zero-order valence-electron chi connectivity index (χ0n) is 53.6. The van der Waals surface area contributed by atoms with Gasteiger partial charge in [-0.3, -0.25) is 9.59 Å². The summed E-state index contributed by atoms with van der Waals surface area (Å²) in [6.45, 7) is 4.16. The first-order valence-electron chi connectivity index (χ1n) is 35.5. The Morgan fingerprint density at radius 2 is 0.500 bits per heavy atom. The van der Waals surface area contributed by atoms with Gasteiger partial charge in [-0.05, 0) is 89.9 Å². The van der Waals surface area contributed by atoms with Gasteiger partial charge in [0.1, 0.15) is 6.61 Å². The highest BCUT2D eigenvalue weighted by atomic mass is 16.6. The van der Waals surface area contributed by atoms with Crippen LogP contribution in [0.3, 0.4) is 0 Å². The number of aliphatic hydroxyl groups is 1. The third-order valence-electron chi connectivity index (χ3n) is 16.0. The smallest absolute Gasteiger partial charge is 0.306 e. The summed E-state index contributed by atoms with van der Waals surface area (Å²) in [6.07, 6.45) is 98.0. The summed E-state index contributed by atoms with van der Waals surface area (Å²) < 4.78 is 10.8. The lowest BCUT2D eigenvalue weighted by Crippen LogP contribution is -2.28. The maximum atomic E-state index is 12.4. The van der Waals surface area contributed by atoms with Crippen LogP contribution in [-0.2, 0) is 19.1 Å². The Balaban J connectivity index is 3.42. The average molecular weight is 1120 g/mol. The second kappa shape index (κ2) is 70.6. The molecule has 5 nitrogen and oxygen atoms in total. The molecule has 0 aromatic rings. The molecule has 0 spiro atoms. The molecule has 0 saturated carbocycles. The van der Waals surface area contributed by atoms with Crippen LogP contribution in [-0.4, -0.2) is 36.4 Å². The van der Waals surface area contributed by atoms with Crippen LogP contribution in [0.2, 0.25) is 0 Å². The number of hydrogen-bond acceptors (Lipinski definition) is 5. The van der Waals surface area contributed by atoms with Crippen LogP contribution in [0.1, 0.15) is 373 Å². The summed E-state index contributed by atoms with van der Waals surface area (Å²) in [5.74, 6) is -0.574. The van der Waals surface area contributed by atoms with E-state index in [1.807, 2.05) is 0 Å². The molecule has 0 fully saturated rings. The topological polar surface area (TPSA) is 72.8 Å². The van der Waals surface area contributed by atoms with Gasteiger partial charge < -0.3 is 14.6 Å². The van der Waals surface area contributed by atoms with Crippen molar-refractivity contribution in [2.75, 3.05) is 13.2 Å². The number of aliphatic hydroxyl groups excluding tert-OH is 1. The van der Waals surface area contributed by atoms with Gasteiger partial charge in [-0.25, -0.2) is 0 Å². The molecule has 0 radical (unpaired) electrons. The van der Waals surface area contributed by atoms with Crippen molar-refractivity contribution in [2.24, 2.45) is 0 Å².